The first-order valence-electron chi connectivity index (χ1n) is 8.91. The van der Waals surface area contributed by atoms with Gasteiger partial charge in [-0.05, 0) is 52.5 Å². The molecule has 1 atom stereocenters. The molecule has 0 aromatic rings. The number of nitrogens with one attached hydrogen (secondary N) is 1. The van der Waals surface area contributed by atoms with Crippen molar-refractivity contribution in [2.75, 3.05) is 32.8 Å². The van der Waals surface area contributed by atoms with E-state index in [2.05, 4.69) is 37.1 Å². The van der Waals surface area contributed by atoms with E-state index in [0.29, 0.717) is 6.04 Å². The van der Waals surface area contributed by atoms with Gasteiger partial charge in [0.1, 0.15) is 0 Å². The zero-order valence-electron chi connectivity index (χ0n) is 14.3. The molecule has 0 bridgehead atoms. The number of hydrogen-bond donors (Lipinski definition) is 1. The van der Waals surface area contributed by atoms with Crippen LogP contribution in [-0.2, 0) is 4.74 Å². The molecular weight excluding hydrogens is 260 g/mol. The van der Waals surface area contributed by atoms with Crippen LogP contribution >= 0.6 is 0 Å². The average Bonchev–Trinajstić information content (AvgIpc) is 2.77. The van der Waals surface area contributed by atoms with Crippen LogP contribution in [0, 0.1) is 0 Å². The second kappa shape index (κ2) is 8.30. The summed E-state index contributed by atoms with van der Waals surface area (Å²) in [5, 5.41) is 3.85. The summed E-state index contributed by atoms with van der Waals surface area (Å²) in [6.45, 7) is 12.1. The molecule has 2 aliphatic rings. The molecule has 0 aromatic carbocycles. The summed E-state index contributed by atoms with van der Waals surface area (Å²) in [5.41, 5.74) is 1.81. The summed E-state index contributed by atoms with van der Waals surface area (Å²) in [6.07, 6.45) is 10.4. The lowest BCUT2D eigenvalue weighted by Crippen LogP contribution is -2.61. The number of allylic oxidation sites excluding steroid dienone is 1. The smallest absolute Gasteiger partial charge is 0.0594 e. The minimum absolute atomic E-state index is 0.162. The van der Waals surface area contributed by atoms with Crippen LogP contribution in [0.1, 0.15) is 59.3 Å². The minimum atomic E-state index is 0.162. The van der Waals surface area contributed by atoms with Crippen LogP contribution in [0.15, 0.2) is 11.6 Å². The molecule has 1 N–H and O–H groups in total. The van der Waals surface area contributed by atoms with E-state index >= 15 is 0 Å². The highest BCUT2D eigenvalue weighted by Crippen LogP contribution is 2.30. The fourth-order valence-electron chi connectivity index (χ4n) is 3.75. The van der Waals surface area contributed by atoms with Gasteiger partial charge in [0.05, 0.1) is 13.2 Å². The molecule has 0 amide bonds. The Morgan fingerprint density at radius 3 is 2.71 bits per heavy atom. The topological polar surface area (TPSA) is 24.5 Å². The normalized spacial score (nSPS) is 23.5. The van der Waals surface area contributed by atoms with Gasteiger partial charge in [0, 0.05) is 24.7 Å². The highest BCUT2D eigenvalue weighted by atomic mass is 16.5. The summed E-state index contributed by atoms with van der Waals surface area (Å²) in [6, 6.07) is 0.480. The van der Waals surface area contributed by atoms with E-state index in [1.54, 1.807) is 5.57 Å². The third-order valence-corrected chi connectivity index (χ3v) is 5.08. The number of rotatable bonds is 6. The van der Waals surface area contributed by atoms with Gasteiger partial charge in [-0.15, -0.1) is 0 Å². The van der Waals surface area contributed by atoms with Crippen LogP contribution in [0.3, 0.4) is 0 Å². The maximum Gasteiger partial charge on any atom is 0.0594 e. The molecule has 2 rings (SSSR count). The molecule has 21 heavy (non-hydrogen) atoms. The Balaban J connectivity index is 2.14. The van der Waals surface area contributed by atoms with E-state index in [0.717, 1.165) is 32.8 Å². The first-order chi connectivity index (χ1) is 10.2. The molecule has 3 heteroatoms. The predicted molar refractivity (Wildman–Crippen MR) is 89.7 cm³/mol. The standard InChI is InChI=1S/C18H34N2O/c1-4-11-19-17(16-9-7-5-6-8-10-16)18(2,3)20-12-14-21-15-13-20/h9,17,19H,4-8,10-15H2,1-3H3. The minimum Gasteiger partial charge on any atom is -0.379 e. The van der Waals surface area contributed by atoms with Crippen molar-refractivity contribution in [3.05, 3.63) is 11.6 Å². The molecule has 122 valence electrons. The van der Waals surface area contributed by atoms with Crippen LogP contribution in [-0.4, -0.2) is 49.3 Å². The van der Waals surface area contributed by atoms with Gasteiger partial charge in [-0.1, -0.05) is 25.0 Å². The van der Waals surface area contributed by atoms with Crippen molar-refractivity contribution in [2.45, 2.75) is 70.9 Å². The lowest BCUT2D eigenvalue weighted by Gasteiger charge is -2.47. The van der Waals surface area contributed by atoms with Gasteiger partial charge in [-0.2, -0.15) is 0 Å². The van der Waals surface area contributed by atoms with Crippen molar-refractivity contribution < 1.29 is 4.74 Å². The lowest BCUT2D eigenvalue weighted by molar-refractivity contribution is -0.0192. The molecular formula is C18H34N2O. The second-order valence-electron chi connectivity index (χ2n) is 7.02. The Bertz CT molecular complexity index is 332. The summed E-state index contributed by atoms with van der Waals surface area (Å²) >= 11 is 0. The average molecular weight is 294 g/mol. The van der Waals surface area contributed by atoms with Crippen molar-refractivity contribution in [3.63, 3.8) is 0 Å². The molecule has 1 aliphatic carbocycles. The number of hydrogen-bond acceptors (Lipinski definition) is 3. The summed E-state index contributed by atoms with van der Waals surface area (Å²) in [5.74, 6) is 0. The van der Waals surface area contributed by atoms with E-state index in [1.165, 1.54) is 38.5 Å². The molecule has 3 nitrogen and oxygen atoms in total. The van der Waals surface area contributed by atoms with Crippen LogP contribution in [0.5, 0.6) is 0 Å². The van der Waals surface area contributed by atoms with Crippen molar-refractivity contribution in [1.29, 1.82) is 0 Å². The Labute approximate surface area is 131 Å². The largest absolute Gasteiger partial charge is 0.379 e. The van der Waals surface area contributed by atoms with E-state index in [-0.39, 0.29) is 5.54 Å². The molecule has 0 aromatic heterocycles. The highest BCUT2D eigenvalue weighted by Gasteiger charge is 2.37. The van der Waals surface area contributed by atoms with Crippen LogP contribution in [0.2, 0.25) is 0 Å². The second-order valence-corrected chi connectivity index (χ2v) is 7.02. The molecule has 1 saturated heterocycles. The third-order valence-electron chi connectivity index (χ3n) is 5.08. The zero-order chi connectivity index (χ0) is 15.1. The lowest BCUT2D eigenvalue weighted by atomic mass is 9.84. The molecule has 0 saturated carbocycles. The van der Waals surface area contributed by atoms with Gasteiger partial charge in [0.2, 0.25) is 0 Å². The quantitative estimate of drug-likeness (QED) is 0.760. The molecule has 1 heterocycles. The van der Waals surface area contributed by atoms with Crippen molar-refractivity contribution in [3.8, 4) is 0 Å². The maximum absolute atomic E-state index is 5.54. The molecule has 0 spiro atoms. The molecule has 1 aliphatic heterocycles. The first kappa shape index (κ1) is 17.0. The number of ether oxygens (including phenoxy) is 1. The van der Waals surface area contributed by atoms with Gasteiger partial charge in [0.15, 0.2) is 0 Å². The van der Waals surface area contributed by atoms with Crippen LogP contribution in [0.4, 0.5) is 0 Å². The SMILES string of the molecule is CCCNC(C1=CCCCCC1)C(C)(C)N1CCOCC1. The van der Waals surface area contributed by atoms with Crippen LogP contribution in [0.25, 0.3) is 0 Å². The third kappa shape index (κ3) is 4.54. The van der Waals surface area contributed by atoms with Gasteiger partial charge >= 0.3 is 0 Å². The van der Waals surface area contributed by atoms with Gasteiger partial charge < -0.3 is 10.1 Å². The van der Waals surface area contributed by atoms with Gasteiger partial charge in [-0.3, -0.25) is 4.90 Å². The Morgan fingerprint density at radius 1 is 1.24 bits per heavy atom. The zero-order valence-corrected chi connectivity index (χ0v) is 14.3. The molecule has 0 radical (unpaired) electrons. The summed E-state index contributed by atoms with van der Waals surface area (Å²) in [4.78, 5) is 2.62. The monoisotopic (exact) mass is 294 g/mol. The fourth-order valence-corrected chi connectivity index (χ4v) is 3.75. The first-order valence-corrected chi connectivity index (χ1v) is 8.91. The number of morpholine rings is 1. The fraction of sp³-hybridized carbons (Fsp3) is 0.889. The van der Waals surface area contributed by atoms with Crippen molar-refractivity contribution in [2.24, 2.45) is 0 Å². The highest BCUT2D eigenvalue weighted by molar-refractivity contribution is 5.19. The predicted octanol–water partition coefficient (Wildman–Crippen LogP) is 3.36. The summed E-state index contributed by atoms with van der Waals surface area (Å²) in [7, 11) is 0. The maximum atomic E-state index is 5.54. The Morgan fingerprint density at radius 2 is 2.00 bits per heavy atom. The van der Waals surface area contributed by atoms with Crippen LogP contribution < -0.4 is 5.32 Å². The van der Waals surface area contributed by atoms with E-state index in [4.69, 9.17) is 4.74 Å². The Hall–Kier alpha value is -0.380. The molecule has 1 fully saturated rings. The van der Waals surface area contributed by atoms with Gasteiger partial charge in [-0.25, -0.2) is 0 Å². The van der Waals surface area contributed by atoms with Gasteiger partial charge in [0.25, 0.3) is 0 Å². The van der Waals surface area contributed by atoms with E-state index in [9.17, 15) is 0 Å². The van der Waals surface area contributed by atoms with E-state index < -0.39 is 0 Å². The summed E-state index contributed by atoms with van der Waals surface area (Å²) < 4.78 is 5.54. The van der Waals surface area contributed by atoms with E-state index in [1.807, 2.05) is 0 Å². The van der Waals surface area contributed by atoms with Crippen molar-refractivity contribution in [1.82, 2.24) is 10.2 Å². The Kier molecular flexibility index (Phi) is 6.72. The molecule has 1 unspecified atom stereocenters. The number of nitrogens with zero attached hydrogens (tertiary/aromatic N) is 1. The van der Waals surface area contributed by atoms with Crippen molar-refractivity contribution >= 4 is 0 Å².